The van der Waals surface area contributed by atoms with E-state index in [1.54, 1.807) is 0 Å². The Kier molecular flexibility index (Phi) is 10.7. The van der Waals surface area contributed by atoms with Gasteiger partial charge in [0.1, 0.15) is 6.10 Å². The van der Waals surface area contributed by atoms with Crippen molar-refractivity contribution >= 4 is 29.9 Å². The van der Waals surface area contributed by atoms with Gasteiger partial charge < -0.3 is 15.4 Å². The van der Waals surface area contributed by atoms with Crippen LogP contribution < -0.4 is 15.4 Å². The van der Waals surface area contributed by atoms with Crippen LogP contribution in [0.2, 0.25) is 0 Å². The molecule has 1 unspecified atom stereocenters. The Morgan fingerprint density at radius 1 is 1.25 bits per heavy atom. The first-order valence-electron chi connectivity index (χ1n) is 11.6. The second-order valence-corrected chi connectivity index (χ2v) is 8.60. The van der Waals surface area contributed by atoms with Crippen LogP contribution in [0, 0.1) is 13.8 Å². The molecule has 1 atom stereocenters. The Bertz CT molecular complexity index is 858. The maximum Gasteiger partial charge on any atom is 0.213 e. The van der Waals surface area contributed by atoms with Crippen molar-refractivity contribution in [3.63, 3.8) is 0 Å². The summed E-state index contributed by atoms with van der Waals surface area (Å²) in [5.74, 6) is 1.54. The summed E-state index contributed by atoms with van der Waals surface area (Å²) in [5, 5.41) is 11.4. The number of nitrogens with one attached hydrogen (secondary N) is 2. The average Bonchev–Trinajstić information content (AvgIpc) is 3.00. The van der Waals surface area contributed by atoms with Crippen molar-refractivity contribution in [2.24, 2.45) is 12.0 Å². The molecular formula is C24H39IN6O. The molecule has 8 heteroatoms. The minimum Gasteiger partial charge on any atom is -0.474 e. The van der Waals surface area contributed by atoms with Gasteiger partial charge in [0.2, 0.25) is 5.88 Å². The van der Waals surface area contributed by atoms with Gasteiger partial charge in [0.15, 0.2) is 5.96 Å². The zero-order valence-corrected chi connectivity index (χ0v) is 22.5. The standard InChI is InChI=1S/C24H38N6O.HI/c1-6-25-24(28-17(2)14-22-18(3)29-30(5)19(22)4)27-16-20-12-13-23(26-15-20)31-21-10-8-7-9-11-21;/h12-13,15,17,21H,6-11,14,16H2,1-5H3,(H2,25,27,28);1H. The minimum atomic E-state index is 0. The Morgan fingerprint density at radius 2 is 2.00 bits per heavy atom. The third-order valence-corrected chi connectivity index (χ3v) is 5.95. The molecular weight excluding hydrogens is 515 g/mol. The van der Waals surface area contributed by atoms with Crippen molar-refractivity contribution in [1.82, 2.24) is 25.4 Å². The van der Waals surface area contributed by atoms with Gasteiger partial charge in [-0.05, 0) is 70.9 Å². The summed E-state index contributed by atoms with van der Waals surface area (Å²) in [4.78, 5) is 9.25. The lowest BCUT2D eigenvalue weighted by Gasteiger charge is -2.22. The van der Waals surface area contributed by atoms with E-state index in [1.165, 1.54) is 30.5 Å². The maximum atomic E-state index is 6.03. The molecule has 3 rings (SSSR count). The van der Waals surface area contributed by atoms with E-state index >= 15 is 0 Å². The number of aliphatic imine (C=N–C) groups is 1. The molecule has 2 N–H and O–H groups in total. The molecule has 1 aliphatic carbocycles. The molecule has 0 aromatic carbocycles. The third kappa shape index (κ3) is 7.64. The fourth-order valence-electron chi connectivity index (χ4n) is 4.12. The van der Waals surface area contributed by atoms with E-state index in [4.69, 9.17) is 9.73 Å². The van der Waals surface area contributed by atoms with E-state index in [9.17, 15) is 0 Å². The molecule has 2 heterocycles. The van der Waals surface area contributed by atoms with Gasteiger partial charge in [-0.2, -0.15) is 5.10 Å². The molecule has 0 saturated heterocycles. The van der Waals surface area contributed by atoms with E-state index in [0.29, 0.717) is 12.6 Å². The monoisotopic (exact) mass is 554 g/mol. The van der Waals surface area contributed by atoms with Crippen LogP contribution in [0.15, 0.2) is 23.3 Å². The van der Waals surface area contributed by atoms with E-state index in [0.717, 1.165) is 48.9 Å². The Morgan fingerprint density at radius 3 is 2.59 bits per heavy atom. The zero-order chi connectivity index (χ0) is 22.2. The highest BCUT2D eigenvalue weighted by atomic mass is 127. The molecule has 1 saturated carbocycles. The molecule has 2 aromatic rings. The topological polar surface area (TPSA) is 76.4 Å². The minimum absolute atomic E-state index is 0. The number of pyridine rings is 1. The number of halogens is 1. The van der Waals surface area contributed by atoms with Crippen molar-refractivity contribution in [2.45, 2.75) is 84.9 Å². The van der Waals surface area contributed by atoms with Crippen LogP contribution >= 0.6 is 24.0 Å². The van der Waals surface area contributed by atoms with Gasteiger partial charge in [-0.25, -0.2) is 9.98 Å². The number of hydrogen-bond donors (Lipinski definition) is 2. The first-order valence-corrected chi connectivity index (χ1v) is 11.6. The molecule has 7 nitrogen and oxygen atoms in total. The van der Waals surface area contributed by atoms with Crippen molar-refractivity contribution in [2.75, 3.05) is 6.54 Å². The van der Waals surface area contributed by atoms with Gasteiger partial charge in [-0.1, -0.05) is 12.5 Å². The van der Waals surface area contributed by atoms with Crippen LogP contribution in [0.1, 0.15) is 68.5 Å². The molecule has 1 aliphatic rings. The Labute approximate surface area is 209 Å². The predicted molar refractivity (Wildman–Crippen MR) is 141 cm³/mol. The zero-order valence-electron chi connectivity index (χ0n) is 20.1. The lowest BCUT2D eigenvalue weighted by atomic mass is 9.98. The molecule has 178 valence electrons. The molecule has 0 aliphatic heterocycles. The van der Waals surface area contributed by atoms with Crippen molar-refractivity contribution in [1.29, 1.82) is 0 Å². The highest BCUT2D eigenvalue weighted by molar-refractivity contribution is 14.0. The average molecular weight is 555 g/mol. The van der Waals surface area contributed by atoms with E-state index in [-0.39, 0.29) is 30.0 Å². The summed E-state index contributed by atoms with van der Waals surface area (Å²) in [6, 6.07) is 4.27. The number of nitrogens with zero attached hydrogens (tertiary/aromatic N) is 4. The summed E-state index contributed by atoms with van der Waals surface area (Å²) >= 11 is 0. The molecule has 32 heavy (non-hydrogen) atoms. The first-order chi connectivity index (χ1) is 15.0. The van der Waals surface area contributed by atoms with E-state index in [2.05, 4.69) is 54.5 Å². The Balaban J connectivity index is 0.00000363. The smallest absolute Gasteiger partial charge is 0.213 e. The van der Waals surface area contributed by atoms with Gasteiger partial charge in [0.05, 0.1) is 12.2 Å². The molecule has 0 radical (unpaired) electrons. The largest absolute Gasteiger partial charge is 0.474 e. The Hall–Kier alpha value is -1.84. The van der Waals surface area contributed by atoms with E-state index in [1.807, 2.05) is 24.0 Å². The van der Waals surface area contributed by atoms with Crippen LogP contribution in [-0.2, 0) is 20.0 Å². The molecule has 0 spiro atoms. The van der Waals surface area contributed by atoms with E-state index < -0.39 is 0 Å². The number of rotatable bonds is 8. The highest BCUT2D eigenvalue weighted by Crippen LogP contribution is 2.22. The number of aryl methyl sites for hydroxylation is 2. The second-order valence-electron chi connectivity index (χ2n) is 8.60. The van der Waals surface area contributed by atoms with Crippen LogP contribution in [0.3, 0.4) is 0 Å². The predicted octanol–water partition coefficient (Wildman–Crippen LogP) is 4.45. The fourth-order valence-corrected chi connectivity index (χ4v) is 4.12. The fraction of sp³-hybridized carbons (Fsp3) is 0.625. The summed E-state index contributed by atoms with van der Waals surface area (Å²) in [6.07, 6.45) is 9.23. The van der Waals surface area contributed by atoms with Gasteiger partial charge in [-0.15, -0.1) is 24.0 Å². The normalized spacial score (nSPS) is 15.7. The lowest BCUT2D eigenvalue weighted by Crippen LogP contribution is -2.43. The van der Waals surface area contributed by atoms with Crippen LogP contribution in [0.4, 0.5) is 0 Å². The van der Waals surface area contributed by atoms with Gasteiger partial charge >= 0.3 is 0 Å². The number of aromatic nitrogens is 3. The third-order valence-electron chi connectivity index (χ3n) is 5.95. The van der Waals surface area contributed by atoms with Gasteiger partial charge in [-0.3, -0.25) is 4.68 Å². The summed E-state index contributed by atoms with van der Waals surface area (Å²) < 4.78 is 7.98. The first kappa shape index (κ1) is 26.4. The van der Waals surface area contributed by atoms with Crippen LogP contribution in [0.25, 0.3) is 0 Å². The summed E-state index contributed by atoms with van der Waals surface area (Å²) in [5.41, 5.74) is 4.68. The molecule has 2 aromatic heterocycles. The van der Waals surface area contributed by atoms with Crippen molar-refractivity contribution < 1.29 is 4.74 Å². The molecule has 0 amide bonds. The van der Waals surface area contributed by atoms with Gasteiger partial charge in [0.25, 0.3) is 0 Å². The maximum absolute atomic E-state index is 6.03. The quantitative estimate of drug-likeness (QED) is 0.287. The van der Waals surface area contributed by atoms with Crippen LogP contribution in [0.5, 0.6) is 5.88 Å². The molecule has 1 fully saturated rings. The summed E-state index contributed by atoms with van der Waals surface area (Å²) in [6.45, 7) is 9.84. The summed E-state index contributed by atoms with van der Waals surface area (Å²) in [7, 11) is 2.00. The van der Waals surface area contributed by atoms with Crippen LogP contribution in [-0.4, -0.2) is 39.4 Å². The van der Waals surface area contributed by atoms with Gasteiger partial charge in [0, 0.05) is 37.6 Å². The highest BCUT2D eigenvalue weighted by Gasteiger charge is 2.16. The number of hydrogen-bond acceptors (Lipinski definition) is 4. The van der Waals surface area contributed by atoms with Crippen molar-refractivity contribution in [3.8, 4) is 5.88 Å². The van der Waals surface area contributed by atoms with Crippen molar-refractivity contribution in [3.05, 3.63) is 40.8 Å². The lowest BCUT2D eigenvalue weighted by molar-refractivity contribution is 0.148. The SMILES string of the molecule is CCNC(=NCc1ccc(OC2CCCCC2)nc1)NC(C)Cc1c(C)nn(C)c1C.I. The molecule has 0 bridgehead atoms. The number of ether oxygens (including phenoxy) is 1. The number of guanidine groups is 1. The second kappa shape index (κ2) is 13.0.